The van der Waals surface area contributed by atoms with Gasteiger partial charge in [-0.15, -0.1) is 11.3 Å². The van der Waals surface area contributed by atoms with Crippen LogP contribution in [0, 0.1) is 6.92 Å². The Morgan fingerprint density at radius 2 is 1.94 bits per heavy atom. The van der Waals surface area contributed by atoms with Gasteiger partial charge in [0.1, 0.15) is 12.4 Å². The molecule has 0 N–H and O–H groups in total. The first-order chi connectivity index (χ1) is 8.72. The van der Waals surface area contributed by atoms with Crippen molar-refractivity contribution in [1.82, 2.24) is 0 Å². The zero-order valence-electron chi connectivity index (χ0n) is 10.7. The third-order valence-electron chi connectivity index (χ3n) is 2.80. The van der Waals surface area contributed by atoms with Crippen LogP contribution in [0.5, 0.6) is 5.75 Å². The van der Waals surface area contributed by atoms with E-state index in [2.05, 4.69) is 60.1 Å². The lowest BCUT2D eigenvalue weighted by molar-refractivity contribution is 0.307. The van der Waals surface area contributed by atoms with E-state index in [1.165, 1.54) is 20.9 Å². The average molecular weight is 325 g/mol. The second kappa shape index (κ2) is 6.39. The predicted octanol–water partition coefficient (Wildman–Crippen LogP) is 5.09. The minimum atomic E-state index is 0.660. The number of aryl methyl sites for hydroxylation is 2. The second-order valence-electron chi connectivity index (χ2n) is 4.26. The molecule has 0 atom stereocenters. The van der Waals surface area contributed by atoms with Gasteiger partial charge in [0.15, 0.2) is 0 Å². The summed E-state index contributed by atoms with van der Waals surface area (Å²) in [6.45, 7) is 4.94. The minimum Gasteiger partial charge on any atom is -0.488 e. The molecule has 18 heavy (non-hydrogen) atoms. The molecular weight excluding hydrogens is 308 g/mol. The molecule has 0 aliphatic carbocycles. The van der Waals surface area contributed by atoms with E-state index in [1.54, 1.807) is 0 Å². The molecule has 0 saturated carbocycles. The number of benzene rings is 1. The van der Waals surface area contributed by atoms with Crippen molar-refractivity contribution in [1.29, 1.82) is 0 Å². The Bertz CT molecular complexity index is 519. The van der Waals surface area contributed by atoms with Crippen molar-refractivity contribution in [3.8, 4) is 5.75 Å². The van der Waals surface area contributed by atoms with Gasteiger partial charge in [-0.3, -0.25) is 0 Å². The summed E-state index contributed by atoms with van der Waals surface area (Å²) in [4.78, 5) is 2.70. The van der Waals surface area contributed by atoms with Crippen LogP contribution in [0.25, 0.3) is 0 Å². The quantitative estimate of drug-likeness (QED) is 0.696. The first-order valence-corrected chi connectivity index (χ1v) is 8.02. The topological polar surface area (TPSA) is 9.23 Å². The molecule has 3 heteroatoms. The third-order valence-corrected chi connectivity index (χ3v) is 4.60. The molecule has 0 radical (unpaired) electrons. The summed E-state index contributed by atoms with van der Waals surface area (Å²) in [5.41, 5.74) is 2.48. The zero-order chi connectivity index (χ0) is 13.0. The Morgan fingerprint density at radius 1 is 1.17 bits per heavy atom. The van der Waals surface area contributed by atoms with Crippen molar-refractivity contribution < 1.29 is 4.74 Å². The fourth-order valence-corrected chi connectivity index (χ4v) is 3.10. The van der Waals surface area contributed by atoms with Crippen LogP contribution in [0.1, 0.15) is 27.8 Å². The molecule has 1 nitrogen and oxygen atoms in total. The first kappa shape index (κ1) is 13.6. The molecule has 96 valence electrons. The van der Waals surface area contributed by atoms with Gasteiger partial charge in [0.2, 0.25) is 0 Å². The normalized spacial score (nSPS) is 10.6. The molecule has 0 spiro atoms. The first-order valence-electron chi connectivity index (χ1n) is 6.08. The van der Waals surface area contributed by atoms with Crippen molar-refractivity contribution >= 4 is 27.3 Å². The SMILES string of the molecule is CCc1ccc(COc2ccc(C)cc2CBr)s1. The lowest BCUT2D eigenvalue weighted by Gasteiger charge is -2.09. The van der Waals surface area contributed by atoms with E-state index < -0.39 is 0 Å². The number of ether oxygens (including phenoxy) is 1. The maximum absolute atomic E-state index is 5.91. The Labute approximate surface area is 121 Å². The van der Waals surface area contributed by atoms with Gasteiger partial charge < -0.3 is 4.74 Å². The molecule has 0 amide bonds. The lowest BCUT2D eigenvalue weighted by Crippen LogP contribution is -1.96. The predicted molar refractivity (Wildman–Crippen MR) is 81.8 cm³/mol. The molecule has 1 aromatic carbocycles. The standard InChI is InChI=1S/C15H17BrOS/c1-3-13-5-6-14(18-13)10-17-15-7-4-11(2)8-12(15)9-16/h4-8H,3,9-10H2,1-2H3. The van der Waals surface area contributed by atoms with Crippen LogP contribution in [-0.2, 0) is 18.4 Å². The maximum Gasteiger partial charge on any atom is 0.123 e. The van der Waals surface area contributed by atoms with Crippen LogP contribution in [0.2, 0.25) is 0 Å². The van der Waals surface area contributed by atoms with E-state index in [-0.39, 0.29) is 0 Å². The fraction of sp³-hybridized carbons (Fsp3) is 0.333. The average Bonchev–Trinajstić information content (AvgIpc) is 2.85. The van der Waals surface area contributed by atoms with Crippen molar-refractivity contribution in [2.75, 3.05) is 0 Å². The molecular formula is C15H17BrOS. The lowest BCUT2D eigenvalue weighted by atomic mass is 10.1. The highest BCUT2D eigenvalue weighted by atomic mass is 79.9. The van der Waals surface area contributed by atoms with Gasteiger partial charge in [0, 0.05) is 20.6 Å². The van der Waals surface area contributed by atoms with E-state index in [4.69, 9.17) is 4.74 Å². The van der Waals surface area contributed by atoms with Gasteiger partial charge in [-0.25, -0.2) is 0 Å². The summed E-state index contributed by atoms with van der Waals surface area (Å²) >= 11 is 5.34. The van der Waals surface area contributed by atoms with Crippen molar-refractivity contribution in [3.63, 3.8) is 0 Å². The van der Waals surface area contributed by atoms with E-state index in [9.17, 15) is 0 Å². The molecule has 1 heterocycles. The highest BCUT2D eigenvalue weighted by Crippen LogP contribution is 2.25. The number of thiophene rings is 1. The van der Waals surface area contributed by atoms with Crippen LogP contribution in [0.4, 0.5) is 0 Å². The number of rotatable bonds is 5. The smallest absolute Gasteiger partial charge is 0.123 e. The Balaban J connectivity index is 2.05. The summed E-state index contributed by atoms with van der Waals surface area (Å²) < 4.78 is 5.91. The monoisotopic (exact) mass is 324 g/mol. The number of hydrogen-bond donors (Lipinski definition) is 0. The van der Waals surface area contributed by atoms with Crippen LogP contribution in [0.15, 0.2) is 30.3 Å². The molecule has 0 saturated heterocycles. The van der Waals surface area contributed by atoms with E-state index in [0.29, 0.717) is 6.61 Å². The van der Waals surface area contributed by atoms with Gasteiger partial charge in [0.05, 0.1) is 0 Å². The van der Waals surface area contributed by atoms with E-state index in [1.807, 2.05) is 11.3 Å². The molecule has 0 unspecified atom stereocenters. The molecule has 1 aromatic heterocycles. The highest BCUT2D eigenvalue weighted by Gasteiger charge is 2.04. The molecule has 2 rings (SSSR count). The van der Waals surface area contributed by atoms with Crippen LogP contribution in [-0.4, -0.2) is 0 Å². The van der Waals surface area contributed by atoms with Crippen LogP contribution in [0.3, 0.4) is 0 Å². The van der Waals surface area contributed by atoms with Gasteiger partial charge in [-0.05, 0) is 31.5 Å². The van der Waals surface area contributed by atoms with E-state index >= 15 is 0 Å². The summed E-state index contributed by atoms with van der Waals surface area (Å²) in [6, 6.07) is 10.7. The molecule has 2 aromatic rings. The van der Waals surface area contributed by atoms with Crippen molar-refractivity contribution in [2.24, 2.45) is 0 Å². The summed E-state index contributed by atoms with van der Waals surface area (Å²) in [5, 5.41) is 0.828. The molecule has 0 aliphatic heterocycles. The summed E-state index contributed by atoms with van der Waals surface area (Å²) in [6.07, 6.45) is 1.10. The third kappa shape index (κ3) is 3.36. The highest BCUT2D eigenvalue weighted by molar-refractivity contribution is 9.08. The van der Waals surface area contributed by atoms with Gasteiger partial charge in [-0.1, -0.05) is 40.5 Å². The summed E-state index contributed by atoms with van der Waals surface area (Å²) in [5.74, 6) is 0.976. The van der Waals surface area contributed by atoms with E-state index in [0.717, 1.165) is 17.5 Å². The molecule has 0 fully saturated rings. The Kier molecular flexibility index (Phi) is 4.84. The number of halogens is 1. The van der Waals surface area contributed by atoms with Gasteiger partial charge in [-0.2, -0.15) is 0 Å². The summed E-state index contributed by atoms with van der Waals surface area (Å²) in [7, 11) is 0. The van der Waals surface area contributed by atoms with Crippen molar-refractivity contribution in [3.05, 3.63) is 51.2 Å². The largest absolute Gasteiger partial charge is 0.488 e. The number of alkyl halides is 1. The number of hydrogen-bond acceptors (Lipinski definition) is 2. The minimum absolute atomic E-state index is 0.660. The fourth-order valence-electron chi connectivity index (χ4n) is 1.79. The van der Waals surface area contributed by atoms with Gasteiger partial charge in [0.25, 0.3) is 0 Å². The molecule has 0 aliphatic rings. The Morgan fingerprint density at radius 3 is 2.61 bits per heavy atom. The second-order valence-corrected chi connectivity index (χ2v) is 6.07. The maximum atomic E-state index is 5.91. The zero-order valence-corrected chi connectivity index (χ0v) is 13.1. The van der Waals surface area contributed by atoms with Gasteiger partial charge >= 0.3 is 0 Å². The van der Waals surface area contributed by atoms with Crippen LogP contribution < -0.4 is 4.74 Å². The van der Waals surface area contributed by atoms with Crippen LogP contribution >= 0.6 is 27.3 Å². The molecule has 0 bridgehead atoms. The Hall–Kier alpha value is -0.800. The van der Waals surface area contributed by atoms with Crippen molar-refractivity contribution in [2.45, 2.75) is 32.2 Å².